The zero-order valence-corrected chi connectivity index (χ0v) is 12.6. The lowest BCUT2D eigenvalue weighted by Crippen LogP contribution is -2.42. The maximum atomic E-state index is 9.90. The lowest BCUT2D eigenvalue weighted by Gasteiger charge is -2.33. The van der Waals surface area contributed by atoms with E-state index >= 15 is 0 Å². The van der Waals surface area contributed by atoms with Crippen LogP contribution in [0.3, 0.4) is 0 Å². The average Bonchev–Trinajstić information content (AvgIpc) is 2.72. The zero-order valence-electron chi connectivity index (χ0n) is 11.8. The van der Waals surface area contributed by atoms with Crippen LogP contribution in [0.5, 0.6) is 0 Å². The number of piperidine rings is 1. The molecule has 1 N–H and O–H groups in total. The number of hydrogen-bond donors (Lipinski definition) is 1. The van der Waals surface area contributed by atoms with Gasteiger partial charge in [0, 0.05) is 23.9 Å². The van der Waals surface area contributed by atoms with E-state index in [9.17, 15) is 5.11 Å². The largest absolute Gasteiger partial charge is 0.392 e. The van der Waals surface area contributed by atoms with Gasteiger partial charge in [-0.3, -0.25) is 4.90 Å². The second-order valence-electron chi connectivity index (χ2n) is 6.46. The van der Waals surface area contributed by atoms with E-state index in [0.717, 1.165) is 31.7 Å². The Kier molecular flexibility index (Phi) is 4.09. The molecule has 18 heavy (non-hydrogen) atoms. The first-order chi connectivity index (χ1) is 8.36. The van der Waals surface area contributed by atoms with Gasteiger partial charge in [0.1, 0.15) is 0 Å². The maximum absolute atomic E-state index is 9.90. The van der Waals surface area contributed by atoms with Crippen molar-refractivity contribution in [3.63, 3.8) is 0 Å². The van der Waals surface area contributed by atoms with E-state index in [-0.39, 0.29) is 11.5 Å². The molecule has 1 aromatic heterocycles. The molecule has 1 saturated heterocycles. The highest BCUT2D eigenvalue weighted by atomic mass is 32.1. The summed E-state index contributed by atoms with van der Waals surface area (Å²) in [6, 6.07) is 0. The molecule has 0 radical (unpaired) electrons. The van der Waals surface area contributed by atoms with Crippen LogP contribution in [0.4, 0.5) is 0 Å². The number of aromatic nitrogens is 1. The number of thiazole rings is 1. The first-order valence-corrected chi connectivity index (χ1v) is 7.59. The molecule has 102 valence electrons. The Bertz CT molecular complexity index is 397. The number of nitrogens with zero attached hydrogens (tertiary/aromatic N) is 2. The van der Waals surface area contributed by atoms with Crippen molar-refractivity contribution >= 4 is 11.3 Å². The molecule has 1 aromatic rings. The van der Waals surface area contributed by atoms with E-state index in [1.165, 1.54) is 5.01 Å². The predicted molar refractivity (Wildman–Crippen MR) is 75.9 cm³/mol. The van der Waals surface area contributed by atoms with Crippen molar-refractivity contribution in [1.82, 2.24) is 9.88 Å². The van der Waals surface area contributed by atoms with Crippen molar-refractivity contribution in [2.75, 3.05) is 13.1 Å². The summed E-state index contributed by atoms with van der Waals surface area (Å²) >= 11 is 1.75. The third kappa shape index (κ3) is 3.31. The van der Waals surface area contributed by atoms with Gasteiger partial charge in [-0.05, 0) is 18.9 Å². The molecule has 0 aromatic carbocycles. The molecule has 2 rings (SSSR count). The summed E-state index contributed by atoms with van der Waals surface area (Å²) in [7, 11) is 0. The normalized spacial score (nSPS) is 26.5. The summed E-state index contributed by atoms with van der Waals surface area (Å²) in [6.07, 6.45) is 0.900. The number of likely N-dealkylation sites (tertiary alicyclic amines) is 1. The van der Waals surface area contributed by atoms with Gasteiger partial charge < -0.3 is 5.11 Å². The van der Waals surface area contributed by atoms with Crippen molar-refractivity contribution in [2.24, 2.45) is 5.92 Å². The summed E-state index contributed by atoms with van der Waals surface area (Å²) in [5.41, 5.74) is 1.28. The second-order valence-corrected chi connectivity index (χ2v) is 7.32. The number of hydrogen-bond acceptors (Lipinski definition) is 4. The summed E-state index contributed by atoms with van der Waals surface area (Å²) < 4.78 is 0. The van der Waals surface area contributed by atoms with Gasteiger partial charge in [-0.25, -0.2) is 4.98 Å². The van der Waals surface area contributed by atoms with Crippen LogP contribution in [0.15, 0.2) is 5.38 Å². The average molecular weight is 268 g/mol. The number of aliphatic hydroxyl groups is 1. The molecule has 0 amide bonds. The topological polar surface area (TPSA) is 36.4 Å². The maximum Gasteiger partial charge on any atom is 0.0982 e. The molecule has 0 saturated carbocycles. The van der Waals surface area contributed by atoms with Crippen LogP contribution >= 0.6 is 11.3 Å². The number of β-amino-alcohol motifs (C(OH)–C–C–N with tert-alkyl or cyclic N) is 1. The molecule has 3 nitrogen and oxygen atoms in total. The van der Waals surface area contributed by atoms with Crippen LogP contribution in [0.1, 0.15) is 44.8 Å². The van der Waals surface area contributed by atoms with Crippen molar-refractivity contribution in [1.29, 1.82) is 0 Å². The molecular formula is C14H24N2OS. The van der Waals surface area contributed by atoms with Crippen LogP contribution < -0.4 is 0 Å². The van der Waals surface area contributed by atoms with Gasteiger partial charge in [-0.2, -0.15) is 0 Å². The van der Waals surface area contributed by atoms with Crippen LogP contribution in [0, 0.1) is 5.92 Å². The van der Waals surface area contributed by atoms with E-state index < -0.39 is 0 Å². The van der Waals surface area contributed by atoms with E-state index in [0.29, 0.717) is 5.92 Å². The van der Waals surface area contributed by atoms with E-state index in [4.69, 9.17) is 4.98 Å². The van der Waals surface area contributed by atoms with Gasteiger partial charge in [0.2, 0.25) is 0 Å². The molecule has 0 bridgehead atoms. The highest BCUT2D eigenvalue weighted by Crippen LogP contribution is 2.26. The van der Waals surface area contributed by atoms with E-state index in [1.807, 2.05) is 0 Å². The Balaban J connectivity index is 1.96. The smallest absolute Gasteiger partial charge is 0.0982 e. The van der Waals surface area contributed by atoms with E-state index in [2.05, 4.69) is 38.0 Å². The monoisotopic (exact) mass is 268 g/mol. The standard InChI is InChI=1S/C14H24N2OS/c1-10-5-6-16(8-12(10)17)7-11-9-18-13(15-11)14(2,3)4/h9-10,12,17H,5-8H2,1-4H3. The number of aliphatic hydroxyl groups excluding tert-OH is 1. The van der Waals surface area contributed by atoms with Gasteiger partial charge in [0.15, 0.2) is 0 Å². The van der Waals surface area contributed by atoms with E-state index in [1.54, 1.807) is 11.3 Å². The van der Waals surface area contributed by atoms with Crippen molar-refractivity contribution in [3.8, 4) is 0 Å². The Labute approximate surface area is 114 Å². The number of rotatable bonds is 2. The molecule has 1 aliphatic heterocycles. The van der Waals surface area contributed by atoms with Crippen LogP contribution in [0.2, 0.25) is 0 Å². The van der Waals surface area contributed by atoms with Crippen molar-refractivity contribution in [3.05, 3.63) is 16.1 Å². The molecular weight excluding hydrogens is 244 g/mol. The Morgan fingerprint density at radius 1 is 1.50 bits per heavy atom. The van der Waals surface area contributed by atoms with Crippen molar-refractivity contribution in [2.45, 2.75) is 52.2 Å². The Morgan fingerprint density at radius 3 is 2.78 bits per heavy atom. The summed E-state index contributed by atoms with van der Waals surface area (Å²) in [4.78, 5) is 7.03. The molecule has 1 aliphatic rings. The lowest BCUT2D eigenvalue weighted by molar-refractivity contribution is 0.0255. The minimum Gasteiger partial charge on any atom is -0.392 e. The SMILES string of the molecule is CC1CCN(Cc2csc(C(C)(C)C)n2)CC1O. The van der Waals surface area contributed by atoms with Crippen molar-refractivity contribution < 1.29 is 5.11 Å². The quantitative estimate of drug-likeness (QED) is 0.896. The minimum absolute atomic E-state index is 0.138. The van der Waals surface area contributed by atoms with Crippen LogP contribution in [-0.2, 0) is 12.0 Å². The third-order valence-electron chi connectivity index (χ3n) is 3.58. The highest BCUT2D eigenvalue weighted by Gasteiger charge is 2.25. The first kappa shape index (κ1) is 14.0. The fraction of sp³-hybridized carbons (Fsp3) is 0.786. The molecule has 2 atom stereocenters. The molecule has 4 heteroatoms. The summed E-state index contributed by atoms with van der Waals surface area (Å²) in [5, 5.41) is 13.3. The molecule has 0 aliphatic carbocycles. The van der Waals surface area contributed by atoms with Gasteiger partial charge in [-0.1, -0.05) is 27.7 Å². The minimum atomic E-state index is -0.181. The fourth-order valence-electron chi connectivity index (χ4n) is 2.21. The molecule has 2 unspecified atom stereocenters. The van der Waals surface area contributed by atoms with Gasteiger partial charge in [-0.15, -0.1) is 11.3 Å². The van der Waals surface area contributed by atoms with Crippen LogP contribution in [0.25, 0.3) is 0 Å². The van der Waals surface area contributed by atoms with Gasteiger partial charge in [0.05, 0.1) is 16.8 Å². The lowest BCUT2D eigenvalue weighted by atomic mass is 9.96. The fourth-order valence-corrected chi connectivity index (χ4v) is 3.11. The summed E-state index contributed by atoms with van der Waals surface area (Å²) in [6.45, 7) is 11.4. The zero-order chi connectivity index (χ0) is 13.3. The first-order valence-electron chi connectivity index (χ1n) is 6.71. The predicted octanol–water partition coefficient (Wildman–Crippen LogP) is 2.64. The van der Waals surface area contributed by atoms with Gasteiger partial charge >= 0.3 is 0 Å². The summed E-state index contributed by atoms with van der Waals surface area (Å²) in [5.74, 6) is 0.432. The Hall–Kier alpha value is -0.450. The third-order valence-corrected chi connectivity index (χ3v) is 4.90. The van der Waals surface area contributed by atoms with Gasteiger partial charge in [0.25, 0.3) is 0 Å². The molecule has 1 fully saturated rings. The second kappa shape index (κ2) is 5.27. The Morgan fingerprint density at radius 2 is 2.22 bits per heavy atom. The molecule has 2 heterocycles. The highest BCUT2D eigenvalue weighted by molar-refractivity contribution is 7.09. The van der Waals surface area contributed by atoms with Crippen LogP contribution in [-0.4, -0.2) is 34.2 Å². The molecule has 0 spiro atoms.